The SMILES string of the molecule is Cc1ccc2nc(COC(=O)CSCc3cccc(Cl)c3)cc(=O)n2c1. The highest BCUT2D eigenvalue weighted by Gasteiger charge is 2.07. The molecule has 0 unspecified atom stereocenters. The number of hydrogen-bond acceptors (Lipinski definition) is 5. The zero-order valence-electron chi connectivity index (χ0n) is 14.1. The second kappa shape index (κ2) is 8.38. The first-order valence-electron chi connectivity index (χ1n) is 7.98. The lowest BCUT2D eigenvalue weighted by Gasteiger charge is -2.07. The summed E-state index contributed by atoms with van der Waals surface area (Å²) in [6.45, 7) is 1.89. The molecular formula is C19H17ClN2O3S. The maximum atomic E-state index is 12.1. The molecule has 3 rings (SSSR count). The second-order valence-corrected chi connectivity index (χ2v) is 7.23. The van der Waals surface area contributed by atoms with Crippen LogP contribution >= 0.6 is 23.4 Å². The maximum Gasteiger partial charge on any atom is 0.316 e. The number of carbonyl (C=O) groups is 1. The number of aromatic nitrogens is 2. The molecule has 0 radical (unpaired) electrons. The molecule has 5 nitrogen and oxygen atoms in total. The molecule has 0 saturated carbocycles. The van der Waals surface area contributed by atoms with Crippen LogP contribution in [0.5, 0.6) is 0 Å². The fourth-order valence-electron chi connectivity index (χ4n) is 2.41. The predicted molar refractivity (Wildman–Crippen MR) is 104 cm³/mol. The van der Waals surface area contributed by atoms with Crippen LogP contribution in [0.2, 0.25) is 5.02 Å². The number of pyridine rings is 1. The monoisotopic (exact) mass is 388 g/mol. The van der Waals surface area contributed by atoms with Gasteiger partial charge in [-0.1, -0.05) is 29.8 Å². The molecule has 0 aliphatic carbocycles. The number of aryl methyl sites for hydroxylation is 1. The van der Waals surface area contributed by atoms with E-state index in [-0.39, 0.29) is 23.9 Å². The van der Waals surface area contributed by atoms with Crippen molar-refractivity contribution in [2.24, 2.45) is 0 Å². The molecule has 0 saturated heterocycles. The van der Waals surface area contributed by atoms with Gasteiger partial charge in [0.2, 0.25) is 0 Å². The molecular weight excluding hydrogens is 372 g/mol. The Hall–Kier alpha value is -2.31. The summed E-state index contributed by atoms with van der Waals surface area (Å²) in [4.78, 5) is 28.4. The smallest absolute Gasteiger partial charge is 0.316 e. The minimum absolute atomic E-state index is 0.0177. The fourth-order valence-corrected chi connectivity index (χ4v) is 3.39. The minimum Gasteiger partial charge on any atom is -0.459 e. The van der Waals surface area contributed by atoms with Gasteiger partial charge in [0, 0.05) is 23.0 Å². The fraction of sp³-hybridized carbons (Fsp3) is 0.211. The van der Waals surface area contributed by atoms with Crippen LogP contribution in [-0.4, -0.2) is 21.1 Å². The Morgan fingerprint density at radius 1 is 1.27 bits per heavy atom. The molecule has 0 N–H and O–H groups in total. The van der Waals surface area contributed by atoms with Crippen LogP contribution in [0.3, 0.4) is 0 Å². The number of halogens is 1. The van der Waals surface area contributed by atoms with Gasteiger partial charge in [-0.05, 0) is 36.2 Å². The summed E-state index contributed by atoms with van der Waals surface area (Å²) in [5, 5.41) is 0.675. The van der Waals surface area contributed by atoms with Gasteiger partial charge in [0.05, 0.1) is 11.4 Å². The van der Waals surface area contributed by atoms with E-state index in [0.717, 1.165) is 11.1 Å². The topological polar surface area (TPSA) is 60.7 Å². The maximum absolute atomic E-state index is 12.1. The standard InChI is InChI=1S/C19H17ClN2O3S/c1-13-5-6-17-21-16(8-18(23)22(17)9-13)10-25-19(24)12-26-11-14-3-2-4-15(20)7-14/h2-9H,10-12H2,1H3. The molecule has 0 spiro atoms. The van der Waals surface area contributed by atoms with E-state index < -0.39 is 0 Å². The van der Waals surface area contributed by atoms with Gasteiger partial charge >= 0.3 is 5.97 Å². The third-order valence-corrected chi connectivity index (χ3v) is 4.83. The number of carbonyl (C=O) groups excluding carboxylic acids is 1. The van der Waals surface area contributed by atoms with E-state index in [4.69, 9.17) is 16.3 Å². The zero-order valence-corrected chi connectivity index (χ0v) is 15.7. The lowest BCUT2D eigenvalue weighted by atomic mass is 10.2. The number of nitrogens with zero attached hydrogens (tertiary/aromatic N) is 2. The van der Waals surface area contributed by atoms with E-state index in [9.17, 15) is 9.59 Å². The number of rotatable bonds is 6. The van der Waals surface area contributed by atoms with Gasteiger partial charge in [0.1, 0.15) is 12.3 Å². The highest BCUT2D eigenvalue weighted by molar-refractivity contribution is 7.99. The molecule has 0 aliphatic heterocycles. The number of thioether (sulfide) groups is 1. The van der Waals surface area contributed by atoms with E-state index in [2.05, 4.69) is 4.98 Å². The highest BCUT2D eigenvalue weighted by atomic mass is 35.5. The molecule has 0 bridgehead atoms. The van der Waals surface area contributed by atoms with Crippen LogP contribution < -0.4 is 5.56 Å². The Labute approximate surface area is 160 Å². The number of hydrogen-bond donors (Lipinski definition) is 0. The van der Waals surface area contributed by atoms with Crippen molar-refractivity contribution in [1.29, 1.82) is 0 Å². The molecule has 1 aromatic carbocycles. The molecule has 26 heavy (non-hydrogen) atoms. The summed E-state index contributed by atoms with van der Waals surface area (Å²) in [5.41, 5.74) is 2.80. The number of fused-ring (bicyclic) bond motifs is 1. The summed E-state index contributed by atoms with van der Waals surface area (Å²) in [6.07, 6.45) is 1.73. The Kier molecular flexibility index (Phi) is 5.96. The molecule has 3 aromatic rings. The third kappa shape index (κ3) is 4.86. The van der Waals surface area contributed by atoms with Crippen molar-refractivity contribution >= 4 is 35.0 Å². The minimum atomic E-state index is -0.345. The van der Waals surface area contributed by atoms with E-state index in [1.165, 1.54) is 22.2 Å². The van der Waals surface area contributed by atoms with Gasteiger partial charge in [0.15, 0.2) is 0 Å². The van der Waals surface area contributed by atoms with Gasteiger partial charge in [-0.25, -0.2) is 4.98 Å². The summed E-state index contributed by atoms with van der Waals surface area (Å²) >= 11 is 7.38. The average Bonchev–Trinajstić information content (AvgIpc) is 2.61. The first-order chi connectivity index (χ1) is 12.5. The van der Waals surface area contributed by atoms with Gasteiger partial charge in [-0.3, -0.25) is 14.0 Å². The first-order valence-corrected chi connectivity index (χ1v) is 9.51. The molecule has 0 atom stereocenters. The van der Waals surface area contributed by atoms with Crippen molar-refractivity contribution in [2.75, 3.05) is 5.75 Å². The van der Waals surface area contributed by atoms with Crippen molar-refractivity contribution in [2.45, 2.75) is 19.3 Å². The van der Waals surface area contributed by atoms with Gasteiger partial charge < -0.3 is 4.74 Å². The van der Waals surface area contributed by atoms with E-state index in [1.807, 2.05) is 37.3 Å². The van der Waals surface area contributed by atoms with Crippen LogP contribution in [0.1, 0.15) is 16.8 Å². The van der Waals surface area contributed by atoms with E-state index >= 15 is 0 Å². The molecule has 2 aromatic heterocycles. The van der Waals surface area contributed by atoms with Gasteiger partial charge in [-0.2, -0.15) is 0 Å². The lowest BCUT2D eigenvalue weighted by molar-refractivity contribution is -0.141. The number of esters is 1. The van der Waals surface area contributed by atoms with Crippen LogP contribution in [0.25, 0.3) is 5.65 Å². The van der Waals surface area contributed by atoms with Crippen molar-refractivity contribution < 1.29 is 9.53 Å². The molecule has 2 heterocycles. The Balaban J connectivity index is 1.53. The van der Waals surface area contributed by atoms with E-state index in [1.54, 1.807) is 12.3 Å². The van der Waals surface area contributed by atoms with Crippen LogP contribution in [0, 0.1) is 6.92 Å². The zero-order chi connectivity index (χ0) is 18.5. The quantitative estimate of drug-likeness (QED) is 0.603. The van der Waals surface area contributed by atoms with Gasteiger partial charge in [0.25, 0.3) is 5.56 Å². The normalized spacial score (nSPS) is 10.8. The molecule has 7 heteroatoms. The van der Waals surface area contributed by atoms with Crippen molar-refractivity contribution in [3.05, 3.63) is 80.9 Å². The lowest BCUT2D eigenvalue weighted by Crippen LogP contribution is -2.17. The summed E-state index contributed by atoms with van der Waals surface area (Å²) < 4.78 is 6.69. The predicted octanol–water partition coefficient (Wildman–Crippen LogP) is 3.63. The van der Waals surface area contributed by atoms with Crippen LogP contribution in [0.4, 0.5) is 0 Å². The molecule has 0 aliphatic rings. The van der Waals surface area contributed by atoms with Crippen molar-refractivity contribution in [3.8, 4) is 0 Å². The summed E-state index contributed by atoms with van der Waals surface area (Å²) in [6, 6.07) is 12.5. The Bertz CT molecular complexity index is 1000. The summed E-state index contributed by atoms with van der Waals surface area (Å²) in [7, 11) is 0. The van der Waals surface area contributed by atoms with Crippen molar-refractivity contribution in [3.63, 3.8) is 0 Å². The van der Waals surface area contributed by atoms with E-state index in [0.29, 0.717) is 22.1 Å². The molecule has 134 valence electrons. The van der Waals surface area contributed by atoms with Gasteiger partial charge in [-0.15, -0.1) is 11.8 Å². The average molecular weight is 389 g/mol. The highest BCUT2D eigenvalue weighted by Crippen LogP contribution is 2.16. The van der Waals surface area contributed by atoms with Crippen LogP contribution in [-0.2, 0) is 21.9 Å². The largest absolute Gasteiger partial charge is 0.459 e. The van der Waals surface area contributed by atoms with Crippen LogP contribution in [0.15, 0.2) is 53.5 Å². The first kappa shape index (κ1) is 18.5. The number of ether oxygens (including phenoxy) is 1. The summed E-state index contributed by atoms with van der Waals surface area (Å²) in [5.74, 6) is 0.547. The van der Waals surface area contributed by atoms with Crippen molar-refractivity contribution in [1.82, 2.24) is 9.38 Å². The Morgan fingerprint density at radius 3 is 2.92 bits per heavy atom. The third-order valence-electron chi connectivity index (χ3n) is 3.62. The molecule has 0 amide bonds. The second-order valence-electron chi connectivity index (χ2n) is 5.80. The number of benzene rings is 1. The molecule has 0 fully saturated rings. The Morgan fingerprint density at radius 2 is 2.12 bits per heavy atom.